The Morgan fingerprint density at radius 3 is 2.21 bits per heavy atom. The Morgan fingerprint density at radius 1 is 1.12 bits per heavy atom. The molecule has 8 heteroatoms. The number of hydrogen-bond donors (Lipinski definition) is 1. The van der Waals surface area contributed by atoms with E-state index in [4.69, 9.17) is 14.3 Å². The maximum Gasteiger partial charge on any atom is 0.316 e. The van der Waals surface area contributed by atoms with Crippen molar-refractivity contribution < 1.29 is 29.0 Å². The summed E-state index contributed by atoms with van der Waals surface area (Å²) in [6.07, 6.45) is 2.72. The van der Waals surface area contributed by atoms with Crippen LogP contribution in [0.1, 0.15) is 74.7 Å². The zero-order chi connectivity index (χ0) is 25.6. The lowest BCUT2D eigenvalue weighted by molar-refractivity contribution is -0.177. The fourth-order valence-corrected chi connectivity index (χ4v) is 5.14. The third kappa shape index (κ3) is 7.43. The normalized spacial score (nSPS) is 40.9. The van der Waals surface area contributed by atoms with Crippen molar-refractivity contribution in [2.45, 2.75) is 92.0 Å². The molecule has 1 heterocycles. The SMILES string of the molecule is CC[C@H]1OC(=O)[C@H](C)C(=O)[C@H](C)C[C@](C)(OC)C[C@@H](C)/C(=N\OCSC)C(C)C(C)[C@]1(C)O. The maximum absolute atomic E-state index is 13.1. The van der Waals surface area contributed by atoms with Crippen LogP contribution in [0.3, 0.4) is 0 Å². The van der Waals surface area contributed by atoms with Gasteiger partial charge in [-0.15, -0.1) is 11.8 Å². The van der Waals surface area contributed by atoms with E-state index in [-0.39, 0.29) is 23.5 Å². The molecule has 0 aromatic rings. The Kier molecular flexibility index (Phi) is 11.4. The van der Waals surface area contributed by atoms with Crippen molar-refractivity contribution in [1.82, 2.24) is 0 Å². The van der Waals surface area contributed by atoms with Crippen molar-refractivity contribution in [3.63, 3.8) is 0 Å². The summed E-state index contributed by atoms with van der Waals surface area (Å²) in [6.45, 7) is 15.0. The topological polar surface area (TPSA) is 94.4 Å². The second-order valence-electron chi connectivity index (χ2n) is 10.2. The number of carbonyl (C=O) groups excluding carboxylic acids is 2. The van der Waals surface area contributed by atoms with Gasteiger partial charge in [0.1, 0.15) is 23.4 Å². The first kappa shape index (κ1) is 29.9. The van der Waals surface area contributed by atoms with Crippen molar-refractivity contribution in [2.75, 3.05) is 19.3 Å². The Balaban J connectivity index is 3.54. The minimum atomic E-state index is -1.33. The number of Topliss-reactive ketones (excluding diaryl/α,β-unsaturated/α-hetero) is 1. The van der Waals surface area contributed by atoms with Gasteiger partial charge in [-0.05, 0) is 52.2 Å². The van der Waals surface area contributed by atoms with E-state index in [1.807, 2.05) is 40.9 Å². The first-order valence-electron chi connectivity index (χ1n) is 12.0. The van der Waals surface area contributed by atoms with Gasteiger partial charge in [0.15, 0.2) is 5.94 Å². The van der Waals surface area contributed by atoms with Crippen LogP contribution in [-0.4, -0.2) is 59.2 Å². The fraction of sp³-hybridized carbons (Fsp3) is 0.880. The maximum atomic E-state index is 13.1. The molecule has 8 atom stereocenters. The molecule has 0 aliphatic carbocycles. The highest BCUT2D eigenvalue weighted by Gasteiger charge is 2.45. The summed E-state index contributed by atoms with van der Waals surface area (Å²) in [4.78, 5) is 31.5. The number of ketones is 1. The van der Waals surface area contributed by atoms with Gasteiger partial charge in [0.25, 0.3) is 0 Å². The molecule has 0 amide bonds. The molecule has 0 saturated carbocycles. The van der Waals surface area contributed by atoms with E-state index >= 15 is 0 Å². The minimum Gasteiger partial charge on any atom is -0.459 e. The molecule has 0 radical (unpaired) electrons. The van der Waals surface area contributed by atoms with Crippen molar-refractivity contribution in [3.8, 4) is 0 Å². The molecular formula is C25H45NO6S. The lowest BCUT2D eigenvalue weighted by Crippen LogP contribution is -2.52. The van der Waals surface area contributed by atoms with Gasteiger partial charge in [-0.3, -0.25) is 9.59 Å². The number of ether oxygens (including phenoxy) is 2. The lowest BCUT2D eigenvalue weighted by Gasteiger charge is -2.42. The zero-order valence-electron chi connectivity index (χ0n) is 22.1. The van der Waals surface area contributed by atoms with Gasteiger partial charge in [0.2, 0.25) is 0 Å². The molecule has 0 spiro atoms. The van der Waals surface area contributed by atoms with Crippen LogP contribution in [0.2, 0.25) is 0 Å². The molecule has 2 unspecified atom stereocenters. The van der Waals surface area contributed by atoms with Crippen LogP contribution >= 0.6 is 11.8 Å². The Hall–Kier alpha value is -1.12. The van der Waals surface area contributed by atoms with Gasteiger partial charge in [0, 0.05) is 24.9 Å². The molecule has 1 aliphatic rings. The van der Waals surface area contributed by atoms with Gasteiger partial charge in [-0.1, -0.05) is 39.8 Å². The standard InChI is InChI=1S/C25H45NO6S/c1-11-20-25(8,29)19(6)17(4)21(26-31-14-33-10)15(2)12-24(7,30-9)13-16(3)22(27)18(5)23(28)32-20/h15-20,29H,11-14H2,1-10H3/b26-21+/t15-,16-,17?,18-,19?,20-,24-,25+/m1/s1. The molecule has 1 N–H and O–H groups in total. The van der Waals surface area contributed by atoms with Crippen LogP contribution in [0.4, 0.5) is 0 Å². The van der Waals surface area contributed by atoms with Crippen LogP contribution < -0.4 is 0 Å². The van der Waals surface area contributed by atoms with E-state index in [0.29, 0.717) is 25.2 Å². The predicted molar refractivity (Wildman–Crippen MR) is 133 cm³/mol. The number of hydrogen-bond acceptors (Lipinski definition) is 8. The Morgan fingerprint density at radius 2 is 1.70 bits per heavy atom. The van der Waals surface area contributed by atoms with Gasteiger partial charge in [-0.2, -0.15) is 0 Å². The number of thioether (sulfide) groups is 1. The minimum absolute atomic E-state index is 0.0182. The Bertz CT molecular complexity index is 696. The quantitative estimate of drug-likeness (QED) is 0.197. The second kappa shape index (κ2) is 12.5. The molecule has 1 rings (SSSR count). The number of oxime groups is 1. The van der Waals surface area contributed by atoms with Crippen molar-refractivity contribution in [2.24, 2.45) is 34.7 Å². The first-order valence-corrected chi connectivity index (χ1v) is 13.3. The van der Waals surface area contributed by atoms with Crippen LogP contribution in [-0.2, 0) is 23.9 Å². The predicted octanol–water partition coefficient (Wildman–Crippen LogP) is 4.70. The summed E-state index contributed by atoms with van der Waals surface area (Å²) >= 11 is 1.53. The van der Waals surface area contributed by atoms with E-state index < -0.39 is 35.1 Å². The van der Waals surface area contributed by atoms with Crippen LogP contribution in [0.25, 0.3) is 0 Å². The summed E-state index contributed by atoms with van der Waals surface area (Å²) < 4.78 is 11.6. The molecule has 1 fully saturated rings. The number of nitrogens with zero attached hydrogens (tertiary/aromatic N) is 1. The van der Waals surface area contributed by atoms with Crippen LogP contribution in [0.5, 0.6) is 0 Å². The first-order chi connectivity index (χ1) is 15.3. The monoisotopic (exact) mass is 487 g/mol. The fourth-order valence-electron chi connectivity index (χ4n) is 4.98. The number of cyclic esters (lactones) is 1. The summed E-state index contributed by atoms with van der Waals surface area (Å²) in [6, 6.07) is 0. The molecule has 0 bridgehead atoms. The third-order valence-electron chi connectivity index (χ3n) is 7.50. The van der Waals surface area contributed by atoms with E-state index in [1.54, 1.807) is 21.0 Å². The van der Waals surface area contributed by atoms with Crippen LogP contribution in [0, 0.1) is 29.6 Å². The van der Waals surface area contributed by atoms with E-state index in [0.717, 1.165) is 5.71 Å². The molecule has 0 aromatic heterocycles. The highest BCUT2D eigenvalue weighted by atomic mass is 32.2. The molecule has 33 heavy (non-hydrogen) atoms. The molecule has 7 nitrogen and oxygen atoms in total. The van der Waals surface area contributed by atoms with E-state index in [9.17, 15) is 14.7 Å². The molecular weight excluding hydrogens is 442 g/mol. The smallest absolute Gasteiger partial charge is 0.316 e. The van der Waals surface area contributed by atoms with Crippen molar-refractivity contribution in [3.05, 3.63) is 0 Å². The zero-order valence-corrected chi connectivity index (χ0v) is 23.0. The van der Waals surface area contributed by atoms with E-state index in [2.05, 4.69) is 12.1 Å². The molecule has 1 saturated heterocycles. The average Bonchev–Trinajstić information content (AvgIpc) is 2.76. The lowest BCUT2D eigenvalue weighted by atomic mass is 9.71. The van der Waals surface area contributed by atoms with E-state index in [1.165, 1.54) is 11.8 Å². The van der Waals surface area contributed by atoms with Gasteiger partial charge in [-0.25, -0.2) is 0 Å². The van der Waals surface area contributed by atoms with Gasteiger partial charge >= 0.3 is 5.97 Å². The number of rotatable bonds is 5. The number of esters is 1. The number of methoxy groups -OCH3 is 1. The molecule has 1 aliphatic heterocycles. The number of carbonyl (C=O) groups is 2. The second-order valence-corrected chi connectivity index (χ2v) is 11.0. The highest BCUT2D eigenvalue weighted by Crippen LogP contribution is 2.37. The van der Waals surface area contributed by atoms with Gasteiger partial charge in [0.05, 0.1) is 11.3 Å². The molecule has 0 aromatic carbocycles. The highest BCUT2D eigenvalue weighted by molar-refractivity contribution is 7.98. The average molecular weight is 488 g/mol. The summed E-state index contributed by atoms with van der Waals surface area (Å²) in [5.41, 5.74) is -1.10. The summed E-state index contributed by atoms with van der Waals surface area (Å²) in [7, 11) is 1.65. The van der Waals surface area contributed by atoms with Crippen molar-refractivity contribution in [1.29, 1.82) is 0 Å². The van der Waals surface area contributed by atoms with Gasteiger partial charge < -0.3 is 19.4 Å². The summed E-state index contributed by atoms with van der Waals surface area (Å²) in [5, 5.41) is 16.0. The molecule has 192 valence electrons. The third-order valence-corrected chi connectivity index (χ3v) is 7.84. The Labute approximate surface area is 204 Å². The van der Waals surface area contributed by atoms with Crippen molar-refractivity contribution >= 4 is 29.2 Å². The summed E-state index contributed by atoms with van der Waals surface area (Å²) in [5.74, 6) is -2.11. The largest absolute Gasteiger partial charge is 0.459 e. The van der Waals surface area contributed by atoms with Crippen LogP contribution in [0.15, 0.2) is 5.16 Å². The number of aliphatic hydroxyl groups is 1.